The third-order valence-electron chi connectivity index (χ3n) is 3.23. The number of likely N-dealkylation sites (N-methyl/N-ethyl adjacent to an activating group) is 1. The number of carbonyl (C=O) groups is 1. The zero-order chi connectivity index (χ0) is 13.1. The molecule has 1 aromatic rings. The van der Waals surface area contributed by atoms with Crippen LogP contribution in [0.3, 0.4) is 0 Å². The molecule has 0 aliphatic carbocycles. The monoisotopic (exact) mass is 265 g/mol. The molecule has 1 aromatic carbocycles. The van der Waals surface area contributed by atoms with Gasteiger partial charge in [0.1, 0.15) is 6.04 Å². The summed E-state index contributed by atoms with van der Waals surface area (Å²) in [5.41, 5.74) is 3.09. The van der Waals surface area contributed by atoms with Crippen molar-refractivity contribution < 1.29 is 4.79 Å². The molecule has 1 heterocycles. The first-order valence-electron chi connectivity index (χ1n) is 5.99. The highest BCUT2D eigenvalue weighted by Gasteiger charge is 2.29. The first-order chi connectivity index (χ1) is 8.67. The van der Waals surface area contributed by atoms with E-state index < -0.39 is 0 Å². The van der Waals surface area contributed by atoms with E-state index in [-0.39, 0.29) is 11.9 Å². The zero-order valence-electron chi connectivity index (χ0n) is 11.0. The van der Waals surface area contributed by atoms with Gasteiger partial charge < -0.3 is 15.5 Å². The Labute approximate surface area is 112 Å². The molecule has 1 aliphatic rings. The smallest absolute Gasteiger partial charge is 0.246 e. The maximum Gasteiger partial charge on any atom is 0.246 e. The molecule has 0 aromatic heterocycles. The lowest BCUT2D eigenvalue weighted by atomic mass is 10.1. The third-order valence-corrected chi connectivity index (χ3v) is 3.82. The normalized spacial score (nSPS) is 17.5. The van der Waals surface area contributed by atoms with Crippen LogP contribution in [0.15, 0.2) is 18.2 Å². The number of hydrogen-bond acceptors (Lipinski definition) is 4. The summed E-state index contributed by atoms with van der Waals surface area (Å²) >= 11 is 1.83. The molecule has 0 saturated carbocycles. The van der Waals surface area contributed by atoms with E-state index in [9.17, 15) is 4.79 Å². The van der Waals surface area contributed by atoms with Crippen LogP contribution in [0, 0.1) is 0 Å². The molecule has 18 heavy (non-hydrogen) atoms. The predicted molar refractivity (Wildman–Crippen MR) is 78.5 cm³/mol. The lowest BCUT2D eigenvalue weighted by molar-refractivity contribution is -0.117. The average molecular weight is 265 g/mol. The first-order valence-corrected chi connectivity index (χ1v) is 7.39. The molecule has 2 N–H and O–H groups in total. The Morgan fingerprint density at radius 3 is 2.94 bits per heavy atom. The number of carbonyl (C=O) groups excluding carboxylic acids is 1. The summed E-state index contributed by atoms with van der Waals surface area (Å²) < 4.78 is 0. The summed E-state index contributed by atoms with van der Waals surface area (Å²) in [5.74, 6) is 1.12. The Hall–Kier alpha value is -1.20. The maximum absolute atomic E-state index is 11.7. The van der Waals surface area contributed by atoms with Gasteiger partial charge in [0.15, 0.2) is 0 Å². The van der Waals surface area contributed by atoms with Crippen molar-refractivity contribution in [1.82, 2.24) is 5.32 Å². The molecule has 1 unspecified atom stereocenters. The fourth-order valence-electron chi connectivity index (χ4n) is 2.13. The van der Waals surface area contributed by atoms with Crippen molar-refractivity contribution in [2.75, 3.05) is 42.9 Å². The van der Waals surface area contributed by atoms with Crippen LogP contribution in [0.2, 0.25) is 0 Å². The molecule has 2 rings (SSSR count). The molecule has 5 heteroatoms. The van der Waals surface area contributed by atoms with Crippen molar-refractivity contribution in [3.8, 4) is 0 Å². The standard InChI is InChI=1S/C13H19N3OS/c1-14-12-10-5-4-9(16(2)6-7-18-3)8-11(10)15-13(12)17/h4-5,8,12,14H,6-7H2,1-3H3,(H,15,17). The van der Waals surface area contributed by atoms with Crippen molar-refractivity contribution in [3.63, 3.8) is 0 Å². The molecular formula is C13H19N3OS. The molecule has 0 radical (unpaired) electrons. The molecule has 0 saturated heterocycles. The zero-order valence-corrected chi connectivity index (χ0v) is 11.8. The molecule has 4 nitrogen and oxygen atoms in total. The molecule has 1 atom stereocenters. The van der Waals surface area contributed by atoms with Crippen LogP contribution in [-0.2, 0) is 4.79 Å². The van der Waals surface area contributed by atoms with Gasteiger partial charge >= 0.3 is 0 Å². The minimum Gasteiger partial charge on any atom is -0.374 e. The fourth-order valence-corrected chi connectivity index (χ4v) is 2.59. The number of fused-ring (bicyclic) bond motifs is 1. The van der Waals surface area contributed by atoms with Crippen LogP contribution in [0.4, 0.5) is 11.4 Å². The highest BCUT2D eigenvalue weighted by atomic mass is 32.2. The van der Waals surface area contributed by atoms with Crippen LogP contribution in [0.1, 0.15) is 11.6 Å². The number of benzene rings is 1. The molecule has 0 fully saturated rings. The van der Waals surface area contributed by atoms with E-state index in [0.29, 0.717) is 0 Å². The van der Waals surface area contributed by atoms with E-state index in [1.165, 1.54) is 0 Å². The predicted octanol–water partition coefficient (Wildman–Crippen LogP) is 1.70. The average Bonchev–Trinajstić information content (AvgIpc) is 2.69. The number of hydrogen-bond donors (Lipinski definition) is 2. The van der Waals surface area contributed by atoms with Crippen LogP contribution < -0.4 is 15.5 Å². The molecule has 1 amide bonds. The number of thioether (sulfide) groups is 1. The van der Waals surface area contributed by atoms with Gasteiger partial charge in [-0.05, 0) is 25.4 Å². The second-order valence-corrected chi connectivity index (χ2v) is 5.38. The molecular weight excluding hydrogens is 246 g/mol. The second-order valence-electron chi connectivity index (χ2n) is 4.40. The SMILES string of the molecule is CNC1C(=O)Nc2cc(N(C)CCSC)ccc21. The third kappa shape index (κ3) is 2.47. The summed E-state index contributed by atoms with van der Waals surface area (Å²) in [6.07, 6.45) is 2.11. The lowest BCUT2D eigenvalue weighted by Crippen LogP contribution is -2.23. The van der Waals surface area contributed by atoms with Gasteiger partial charge in [0.2, 0.25) is 5.91 Å². The van der Waals surface area contributed by atoms with Gasteiger partial charge in [-0.3, -0.25) is 4.79 Å². The van der Waals surface area contributed by atoms with Crippen molar-refractivity contribution in [3.05, 3.63) is 23.8 Å². The molecule has 0 spiro atoms. The van der Waals surface area contributed by atoms with Gasteiger partial charge in [-0.2, -0.15) is 11.8 Å². The number of nitrogens with zero attached hydrogens (tertiary/aromatic N) is 1. The van der Waals surface area contributed by atoms with Crippen molar-refractivity contribution >= 4 is 29.0 Å². The second kappa shape index (κ2) is 5.63. The summed E-state index contributed by atoms with van der Waals surface area (Å²) in [5, 5.41) is 5.94. The Bertz CT molecular complexity index is 450. The molecule has 0 bridgehead atoms. The van der Waals surface area contributed by atoms with Crippen LogP contribution >= 0.6 is 11.8 Å². The highest BCUT2D eigenvalue weighted by Crippen LogP contribution is 2.33. The first kappa shape index (κ1) is 13.2. The van der Waals surface area contributed by atoms with Crippen molar-refractivity contribution in [2.45, 2.75) is 6.04 Å². The summed E-state index contributed by atoms with van der Waals surface area (Å²) in [7, 11) is 3.88. The van der Waals surface area contributed by atoms with Gasteiger partial charge in [0, 0.05) is 36.3 Å². The van der Waals surface area contributed by atoms with Gasteiger partial charge in [0.05, 0.1) is 0 Å². The van der Waals surface area contributed by atoms with E-state index in [4.69, 9.17) is 0 Å². The fraction of sp³-hybridized carbons (Fsp3) is 0.462. The number of rotatable bonds is 5. The number of amides is 1. The van der Waals surface area contributed by atoms with Crippen LogP contribution in [-0.4, -0.2) is 38.6 Å². The lowest BCUT2D eigenvalue weighted by Gasteiger charge is -2.19. The molecule has 98 valence electrons. The van der Waals surface area contributed by atoms with Gasteiger partial charge in [0.25, 0.3) is 0 Å². The van der Waals surface area contributed by atoms with E-state index in [1.54, 1.807) is 7.05 Å². The Morgan fingerprint density at radius 2 is 2.28 bits per heavy atom. The molecule has 1 aliphatic heterocycles. The van der Waals surface area contributed by atoms with Gasteiger partial charge in [-0.1, -0.05) is 6.07 Å². The topological polar surface area (TPSA) is 44.4 Å². The summed E-state index contributed by atoms with van der Waals surface area (Å²) in [6, 6.07) is 5.93. The van der Waals surface area contributed by atoms with Crippen LogP contribution in [0.5, 0.6) is 0 Å². The van der Waals surface area contributed by atoms with Crippen molar-refractivity contribution in [2.24, 2.45) is 0 Å². The minimum atomic E-state index is -0.217. The van der Waals surface area contributed by atoms with Gasteiger partial charge in [-0.25, -0.2) is 0 Å². The van der Waals surface area contributed by atoms with Crippen LogP contribution in [0.25, 0.3) is 0 Å². The van der Waals surface area contributed by atoms with E-state index in [2.05, 4.69) is 34.9 Å². The maximum atomic E-state index is 11.7. The van der Waals surface area contributed by atoms with E-state index in [1.807, 2.05) is 23.9 Å². The highest BCUT2D eigenvalue weighted by molar-refractivity contribution is 7.98. The Morgan fingerprint density at radius 1 is 1.50 bits per heavy atom. The quantitative estimate of drug-likeness (QED) is 0.850. The largest absolute Gasteiger partial charge is 0.374 e. The van der Waals surface area contributed by atoms with Gasteiger partial charge in [-0.15, -0.1) is 0 Å². The Balaban J connectivity index is 2.19. The van der Waals surface area contributed by atoms with Crippen molar-refractivity contribution in [1.29, 1.82) is 0 Å². The summed E-state index contributed by atoms with van der Waals surface area (Å²) in [4.78, 5) is 13.9. The summed E-state index contributed by atoms with van der Waals surface area (Å²) in [6.45, 7) is 1.00. The van der Waals surface area contributed by atoms with E-state index >= 15 is 0 Å². The number of anilines is 2. The van der Waals surface area contributed by atoms with E-state index in [0.717, 1.165) is 29.2 Å². The number of nitrogens with one attached hydrogen (secondary N) is 2. The Kier molecular flexibility index (Phi) is 4.14. The minimum absolute atomic E-state index is 0.0245.